The highest BCUT2D eigenvalue weighted by Crippen LogP contribution is 2.24. The van der Waals surface area contributed by atoms with Crippen LogP contribution in [0.25, 0.3) is 0 Å². The van der Waals surface area contributed by atoms with Gasteiger partial charge in [-0.2, -0.15) is 0 Å². The Morgan fingerprint density at radius 2 is 2.25 bits per heavy atom. The lowest BCUT2D eigenvalue weighted by Crippen LogP contribution is -2.40. The lowest BCUT2D eigenvalue weighted by Gasteiger charge is -2.29. The second-order valence-corrected chi connectivity index (χ2v) is 2.39. The summed E-state index contributed by atoms with van der Waals surface area (Å²) in [5, 5.41) is 0. The Labute approximate surface area is 49.5 Å². The van der Waals surface area contributed by atoms with E-state index in [1.807, 2.05) is 0 Å². The molecule has 1 aliphatic carbocycles. The zero-order chi connectivity index (χ0) is 5.98. The molecule has 0 aromatic heterocycles. The zero-order valence-electron chi connectivity index (χ0n) is 4.41. The van der Waals surface area contributed by atoms with Gasteiger partial charge in [-0.3, -0.25) is 4.52 Å². The molecule has 0 bridgehead atoms. The first-order chi connectivity index (χ1) is 3.83. The molecule has 0 radical (unpaired) electrons. The van der Waals surface area contributed by atoms with Crippen LogP contribution in [0.1, 0.15) is 12.8 Å². The van der Waals surface area contributed by atoms with Crippen molar-refractivity contribution in [1.29, 1.82) is 0 Å². The monoisotopic (exact) mass is 133 g/mol. The molecular formula is C4H8NO2P. The fourth-order valence-corrected chi connectivity index (χ4v) is 1.05. The van der Waals surface area contributed by atoms with E-state index in [0.29, 0.717) is 0 Å². The summed E-state index contributed by atoms with van der Waals surface area (Å²) < 4.78 is 14.4. The lowest BCUT2D eigenvalue weighted by atomic mass is 9.91. The van der Waals surface area contributed by atoms with Gasteiger partial charge in [0.2, 0.25) is 0 Å². The van der Waals surface area contributed by atoms with Crippen molar-refractivity contribution in [2.24, 2.45) is 5.73 Å². The Balaban J connectivity index is 2.06. The van der Waals surface area contributed by atoms with Gasteiger partial charge in [0.25, 0.3) is 0 Å². The standard InChI is InChI=1S/C4H8NO2P/c5-3-1-4(2-3)7-8-6/h3-4H,1-2,5H2. The van der Waals surface area contributed by atoms with Crippen molar-refractivity contribution in [3.63, 3.8) is 0 Å². The average molecular weight is 133 g/mol. The Morgan fingerprint density at radius 1 is 1.62 bits per heavy atom. The number of nitrogens with two attached hydrogens (primary N) is 1. The lowest BCUT2D eigenvalue weighted by molar-refractivity contribution is 0.115. The molecule has 0 unspecified atom stereocenters. The topological polar surface area (TPSA) is 52.3 Å². The summed E-state index contributed by atoms with van der Waals surface area (Å²) in [6.07, 6.45) is 1.87. The minimum Gasteiger partial charge on any atom is -0.328 e. The highest BCUT2D eigenvalue weighted by molar-refractivity contribution is 7.17. The molecule has 4 heteroatoms. The van der Waals surface area contributed by atoms with E-state index in [1.54, 1.807) is 0 Å². The number of rotatable bonds is 2. The van der Waals surface area contributed by atoms with Crippen LogP contribution in [-0.4, -0.2) is 12.1 Å². The molecule has 46 valence electrons. The molecule has 0 aromatic rings. The van der Waals surface area contributed by atoms with Gasteiger partial charge in [-0.1, -0.05) is 0 Å². The van der Waals surface area contributed by atoms with Gasteiger partial charge in [0.1, 0.15) is 0 Å². The molecule has 1 saturated carbocycles. The molecule has 0 heterocycles. The van der Waals surface area contributed by atoms with Crippen LogP contribution < -0.4 is 5.73 Å². The summed E-state index contributed by atoms with van der Waals surface area (Å²) in [7, 11) is -0.219. The van der Waals surface area contributed by atoms with E-state index < -0.39 is 0 Å². The number of hydrogen-bond donors (Lipinski definition) is 1. The first-order valence-electron chi connectivity index (χ1n) is 2.57. The van der Waals surface area contributed by atoms with Gasteiger partial charge >= 0.3 is 8.69 Å². The van der Waals surface area contributed by atoms with Gasteiger partial charge in [-0.15, -0.1) is 0 Å². The Morgan fingerprint density at radius 3 is 2.62 bits per heavy atom. The molecule has 8 heavy (non-hydrogen) atoms. The van der Waals surface area contributed by atoms with Crippen LogP contribution in [0.4, 0.5) is 0 Å². The molecular weight excluding hydrogens is 125 g/mol. The molecule has 0 aromatic carbocycles. The van der Waals surface area contributed by atoms with Gasteiger partial charge in [0, 0.05) is 6.04 Å². The van der Waals surface area contributed by atoms with Crippen molar-refractivity contribution in [3.8, 4) is 0 Å². The molecule has 1 fully saturated rings. The molecule has 1 aliphatic rings. The molecule has 0 spiro atoms. The summed E-state index contributed by atoms with van der Waals surface area (Å²) in [6, 6.07) is 0.279. The van der Waals surface area contributed by atoms with Crippen molar-refractivity contribution in [1.82, 2.24) is 0 Å². The van der Waals surface area contributed by atoms with Crippen LogP contribution in [0.5, 0.6) is 0 Å². The summed E-state index contributed by atoms with van der Waals surface area (Å²) in [4.78, 5) is 0. The maximum absolute atomic E-state index is 9.75. The SMILES string of the molecule is NC1CC(OP=O)C1. The third kappa shape index (κ3) is 1.25. The Kier molecular flexibility index (Phi) is 1.95. The maximum atomic E-state index is 9.75. The Hall–Kier alpha value is 0.0200. The summed E-state index contributed by atoms with van der Waals surface area (Å²) >= 11 is 0. The van der Waals surface area contributed by atoms with E-state index in [1.165, 1.54) is 0 Å². The smallest absolute Gasteiger partial charge is 0.327 e. The van der Waals surface area contributed by atoms with Crippen molar-refractivity contribution < 1.29 is 9.09 Å². The molecule has 3 nitrogen and oxygen atoms in total. The van der Waals surface area contributed by atoms with E-state index in [9.17, 15) is 4.57 Å². The zero-order valence-corrected chi connectivity index (χ0v) is 5.30. The van der Waals surface area contributed by atoms with E-state index in [-0.39, 0.29) is 20.8 Å². The van der Waals surface area contributed by atoms with Gasteiger partial charge in [-0.25, -0.2) is 4.57 Å². The van der Waals surface area contributed by atoms with Crippen molar-refractivity contribution in [3.05, 3.63) is 0 Å². The predicted octanol–water partition coefficient (Wildman–Crippen LogP) is 0.699. The highest BCUT2D eigenvalue weighted by Gasteiger charge is 2.26. The minimum absolute atomic E-state index is 0.157. The van der Waals surface area contributed by atoms with Crippen LogP contribution in [0.2, 0.25) is 0 Å². The summed E-state index contributed by atoms with van der Waals surface area (Å²) in [5.41, 5.74) is 5.41. The van der Waals surface area contributed by atoms with Gasteiger partial charge < -0.3 is 5.73 Å². The first kappa shape index (κ1) is 6.14. The minimum atomic E-state index is -0.219. The summed E-state index contributed by atoms with van der Waals surface area (Å²) in [6.45, 7) is 0. The molecule has 0 atom stereocenters. The van der Waals surface area contributed by atoms with Crippen molar-refractivity contribution in [2.75, 3.05) is 0 Å². The second kappa shape index (κ2) is 2.53. The maximum Gasteiger partial charge on any atom is 0.327 e. The van der Waals surface area contributed by atoms with Crippen LogP contribution in [0, 0.1) is 0 Å². The van der Waals surface area contributed by atoms with Gasteiger partial charge in [-0.05, 0) is 12.8 Å². The van der Waals surface area contributed by atoms with Gasteiger partial charge in [0.05, 0.1) is 6.10 Å². The van der Waals surface area contributed by atoms with E-state index in [2.05, 4.69) is 4.52 Å². The van der Waals surface area contributed by atoms with E-state index >= 15 is 0 Å². The van der Waals surface area contributed by atoms with E-state index in [4.69, 9.17) is 5.73 Å². The van der Waals surface area contributed by atoms with Crippen molar-refractivity contribution in [2.45, 2.75) is 25.0 Å². The molecule has 0 aliphatic heterocycles. The normalized spacial score (nSPS) is 37.1. The third-order valence-corrected chi connectivity index (χ3v) is 1.71. The second-order valence-electron chi connectivity index (χ2n) is 2.03. The van der Waals surface area contributed by atoms with E-state index in [0.717, 1.165) is 12.8 Å². The average Bonchev–Trinajstić information content (AvgIpc) is 1.64. The fourth-order valence-electron chi connectivity index (χ4n) is 0.753. The van der Waals surface area contributed by atoms with Crippen LogP contribution >= 0.6 is 8.69 Å². The van der Waals surface area contributed by atoms with Crippen LogP contribution in [0.15, 0.2) is 0 Å². The molecule has 2 N–H and O–H groups in total. The molecule has 0 saturated heterocycles. The van der Waals surface area contributed by atoms with Crippen LogP contribution in [-0.2, 0) is 9.09 Å². The summed E-state index contributed by atoms with van der Waals surface area (Å²) in [5.74, 6) is 0. The third-order valence-electron chi connectivity index (χ3n) is 1.32. The first-order valence-corrected chi connectivity index (χ1v) is 3.30. The van der Waals surface area contributed by atoms with Crippen LogP contribution in [0.3, 0.4) is 0 Å². The van der Waals surface area contributed by atoms with Gasteiger partial charge in [0.15, 0.2) is 0 Å². The van der Waals surface area contributed by atoms with Crippen molar-refractivity contribution >= 4 is 8.69 Å². The predicted molar refractivity (Wildman–Crippen MR) is 29.7 cm³/mol. The molecule has 0 amide bonds. The fraction of sp³-hybridized carbons (Fsp3) is 1.00. The Bertz CT molecular complexity index is 92.0. The largest absolute Gasteiger partial charge is 0.328 e. The number of hydrogen-bond acceptors (Lipinski definition) is 3. The molecule has 1 rings (SSSR count). The highest BCUT2D eigenvalue weighted by atomic mass is 31.1. The quantitative estimate of drug-likeness (QED) is 0.564.